The maximum absolute atomic E-state index is 12.8. The lowest BCUT2D eigenvalue weighted by Crippen LogP contribution is -2.36. The highest BCUT2D eigenvalue weighted by Crippen LogP contribution is 2.28. The molecule has 0 aliphatic heterocycles. The van der Waals surface area contributed by atoms with Crippen LogP contribution in [0.3, 0.4) is 0 Å². The van der Waals surface area contributed by atoms with Crippen LogP contribution in [-0.4, -0.2) is 39.9 Å². The number of anilines is 1. The molecule has 154 valence electrons. The van der Waals surface area contributed by atoms with Crippen LogP contribution in [0.1, 0.15) is 20.3 Å². The molecule has 0 spiro atoms. The Balaban J connectivity index is 2.08. The van der Waals surface area contributed by atoms with Gasteiger partial charge in [-0.1, -0.05) is 18.5 Å². The first-order valence-corrected chi connectivity index (χ1v) is 10.1. The number of carbonyl (C=O) groups excluding carboxylic acids is 1. The van der Waals surface area contributed by atoms with Crippen molar-refractivity contribution in [2.24, 2.45) is 5.92 Å². The number of amides is 1. The molecule has 11 heteroatoms. The summed E-state index contributed by atoms with van der Waals surface area (Å²) in [4.78, 5) is 14.2. The summed E-state index contributed by atoms with van der Waals surface area (Å²) < 4.78 is 38.7. The Hall–Kier alpha value is -1.94. The molecule has 6 nitrogen and oxygen atoms in total. The molecular formula is C17H20ClF3N4O2S. The minimum absolute atomic E-state index is 0.0882. The van der Waals surface area contributed by atoms with Gasteiger partial charge in [0.1, 0.15) is 11.4 Å². The van der Waals surface area contributed by atoms with Crippen molar-refractivity contribution in [3.63, 3.8) is 0 Å². The van der Waals surface area contributed by atoms with Gasteiger partial charge in [0.05, 0.1) is 12.6 Å². The van der Waals surface area contributed by atoms with E-state index in [0.717, 1.165) is 11.8 Å². The highest BCUT2D eigenvalue weighted by molar-refractivity contribution is 7.99. The molecule has 0 fully saturated rings. The van der Waals surface area contributed by atoms with Crippen molar-refractivity contribution in [3.05, 3.63) is 41.1 Å². The molecule has 0 N–H and O–H groups in total. The number of nitrogens with zero attached hydrogens (tertiary/aromatic N) is 4. The topological polar surface area (TPSA) is 65.1 Å². The highest BCUT2D eigenvalue weighted by atomic mass is 35.5. The number of pyridine rings is 1. The molecule has 0 aliphatic rings. The van der Waals surface area contributed by atoms with Gasteiger partial charge in [-0.25, -0.2) is 4.68 Å². The summed E-state index contributed by atoms with van der Waals surface area (Å²) in [5, 5.41) is 15.7. The van der Waals surface area contributed by atoms with Crippen molar-refractivity contribution in [1.29, 1.82) is 0 Å². The summed E-state index contributed by atoms with van der Waals surface area (Å²) in [5.74, 6) is -0.560. The van der Waals surface area contributed by atoms with Gasteiger partial charge in [-0.3, -0.25) is 4.79 Å². The Morgan fingerprint density at radius 1 is 1.50 bits per heavy atom. The first-order chi connectivity index (χ1) is 13.1. The van der Waals surface area contributed by atoms with E-state index >= 15 is 0 Å². The average Bonchev–Trinajstić information content (AvgIpc) is 3.00. The number of thioether (sulfide) groups is 1. The summed E-state index contributed by atoms with van der Waals surface area (Å²) >= 11 is 7.28. The van der Waals surface area contributed by atoms with E-state index in [9.17, 15) is 23.2 Å². The SMILES string of the molecule is CCN(C(=O)C(C)CSCCC(F)(F)F)c1cn(-c2ccc[n+]([O-])c2)nc1Cl. The van der Waals surface area contributed by atoms with Gasteiger partial charge in [-0.05, 0) is 13.0 Å². The van der Waals surface area contributed by atoms with Gasteiger partial charge in [0.15, 0.2) is 11.3 Å². The number of hydrogen-bond acceptors (Lipinski definition) is 4. The molecule has 0 bridgehead atoms. The number of carbonyl (C=O) groups is 1. The van der Waals surface area contributed by atoms with Crippen LogP contribution >= 0.6 is 23.4 Å². The first-order valence-electron chi connectivity index (χ1n) is 8.52. The van der Waals surface area contributed by atoms with Crippen LogP contribution < -0.4 is 9.63 Å². The fraction of sp³-hybridized carbons (Fsp3) is 0.471. The monoisotopic (exact) mass is 436 g/mol. The predicted molar refractivity (Wildman–Crippen MR) is 103 cm³/mol. The maximum atomic E-state index is 12.8. The third kappa shape index (κ3) is 6.03. The van der Waals surface area contributed by atoms with Gasteiger partial charge in [0, 0.05) is 30.0 Å². The summed E-state index contributed by atoms with van der Waals surface area (Å²) in [7, 11) is 0. The van der Waals surface area contributed by atoms with Crippen LogP contribution in [0.4, 0.5) is 18.9 Å². The number of halogens is 4. The largest absolute Gasteiger partial charge is 0.619 e. The van der Waals surface area contributed by atoms with Crippen molar-refractivity contribution >= 4 is 35.0 Å². The Kier molecular flexibility index (Phi) is 7.59. The van der Waals surface area contributed by atoms with Crippen molar-refractivity contribution in [3.8, 4) is 5.69 Å². The molecular weight excluding hydrogens is 417 g/mol. The van der Waals surface area contributed by atoms with Crippen molar-refractivity contribution in [2.75, 3.05) is 23.0 Å². The number of aromatic nitrogens is 3. The molecule has 2 rings (SSSR count). The standard InChI is InChI=1S/C17H20ClF3N4O2S/c1-3-24(16(26)12(2)11-28-8-6-17(19,20)21)14-10-25(22-15(14)18)13-5-4-7-23(27)9-13/h4-5,7,9-10,12H,3,6,8,11H2,1-2H3. The van der Waals surface area contributed by atoms with E-state index in [4.69, 9.17) is 11.6 Å². The molecule has 1 unspecified atom stereocenters. The van der Waals surface area contributed by atoms with Crippen LogP contribution in [0.2, 0.25) is 5.15 Å². The van der Waals surface area contributed by atoms with Gasteiger partial charge in [0.2, 0.25) is 12.1 Å². The Bertz CT molecular complexity index is 816. The van der Waals surface area contributed by atoms with Crippen LogP contribution in [-0.2, 0) is 4.79 Å². The maximum Gasteiger partial charge on any atom is 0.389 e. The Labute approximate surface area is 169 Å². The van der Waals surface area contributed by atoms with Crippen LogP contribution in [0, 0.1) is 11.1 Å². The third-order valence-electron chi connectivity index (χ3n) is 3.87. The number of hydrogen-bond donors (Lipinski definition) is 0. The van der Waals surface area contributed by atoms with E-state index in [1.165, 1.54) is 22.0 Å². The minimum Gasteiger partial charge on any atom is -0.619 e. The van der Waals surface area contributed by atoms with E-state index in [1.54, 1.807) is 32.2 Å². The lowest BCUT2D eigenvalue weighted by Gasteiger charge is -2.23. The second-order valence-electron chi connectivity index (χ2n) is 6.10. The quantitative estimate of drug-likeness (QED) is 0.358. The van der Waals surface area contributed by atoms with Crippen molar-refractivity contribution in [1.82, 2.24) is 9.78 Å². The smallest absolute Gasteiger partial charge is 0.389 e. The van der Waals surface area contributed by atoms with Gasteiger partial charge >= 0.3 is 6.18 Å². The van der Waals surface area contributed by atoms with Crippen molar-refractivity contribution in [2.45, 2.75) is 26.4 Å². The summed E-state index contributed by atoms with van der Waals surface area (Å²) in [6.45, 7) is 3.75. The predicted octanol–water partition coefficient (Wildman–Crippen LogP) is 3.83. The van der Waals surface area contributed by atoms with Gasteiger partial charge in [-0.2, -0.15) is 34.8 Å². The Morgan fingerprint density at radius 3 is 2.82 bits per heavy atom. The number of rotatable bonds is 8. The fourth-order valence-electron chi connectivity index (χ4n) is 2.47. The van der Waals surface area contributed by atoms with Crippen molar-refractivity contribution < 1.29 is 22.7 Å². The second-order valence-corrected chi connectivity index (χ2v) is 7.60. The number of alkyl halides is 3. The summed E-state index contributed by atoms with van der Waals surface area (Å²) in [6, 6.07) is 3.22. The lowest BCUT2D eigenvalue weighted by atomic mass is 10.2. The van der Waals surface area contributed by atoms with E-state index in [-0.39, 0.29) is 22.6 Å². The normalized spacial score (nSPS) is 12.8. The zero-order valence-corrected chi connectivity index (χ0v) is 16.9. The van der Waals surface area contributed by atoms with E-state index < -0.39 is 18.5 Å². The van der Waals surface area contributed by atoms with E-state index in [1.807, 2.05) is 0 Å². The molecule has 1 atom stereocenters. The lowest BCUT2D eigenvalue weighted by molar-refractivity contribution is -0.605. The summed E-state index contributed by atoms with van der Waals surface area (Å²) in [5.41, 5.74) is 0.854. The van der Waals surface area contributed by atoms with Gasteiger partial charge in [0.25, 0.3) is 0 Å². The fourth-order valence-corrected chi connectivity index (χ4v) is 3.74. The zero-order valence-electron chi connectivity index (χ0n) is 15.3. The minimum atomic E-state index is -4.20. The third-order valence-corrected chi connectivity index (χ3v) is 5.37. The van der Waals surface area contributed by atoms with Crippen LogP contribution in [0.15, 0.2) is 30.7 Å². The molecule has 0 radical (unpaired) electrons. The molecule has 0 saturated carbocycles. The zero-order chi connectivity index (χ0) is 20.9. The van der Waals surface area contributed by atoms with Gasteiger partial charge < -0.3 is 10.1 Å². The van der Waals surface area contributed by atoms with E-state index in [2.05, 4.69) is 5.10 Å². The molecule has 0 aromatic carbocycles. The second kappa shape index (κ2) is 9.51. The van der Waals surface area contributed by atoms with Crippen LogP contribution in [0.25, 0.3) is 5.69 Å². The molecule has 0 aliphatic carbocycles. The molecule has 1 amide bonds. The molecule has 2 heterocycles. The highest BCUT2D eigenvalue weighted by Gasteiger charge is 2.28. The molecule has 2 aromatic rings. The summed E-state index contributed by atoms with van der Waals surface area (Å²) in [6.07, 6.45) is -0.897. The Morgan fingerprint density at radius 2 is 2.21 bits per heavy atom. The molecule has 0 saturated heterocycles. The molecule has 28 heavy (non-hydrogen) atoms. The van der Waals surface area contributed by atoms with Gasteiger partial charge in [-0.15, -0.1) is 0 Å². The first kappa shape index (κ1) is 22.4. The van der Waals surface area contributed by atoms with E-state index in [0.29, 0.717) is 22.6 Å². The molecule has 2 aromatic heterocycles. The van der Waals surface area contributed by atoms with Crippen LogP contribution in [0.5, 0.6) is 0 Å². The average molecular weight is 437 g/mol.